The maximum absolute atomic E-state index is 10.8. The number of halogens is 2. The summed E-state index contributed by atoms with van der Waals surface area (Å²) in [4.78, 5) is 10.8. The van der Waals surface area contributed by atoms with Gasteiger partial charge in [-0.3, -0.25) is 0 Å². The lowest BCUT2D eigenvalue weighted by Gasteiger charge is -2.16. The predicted molar refractivity (Wildman–Crippen MR) is 57.4 cm³/mol. The highest BCUT2D eigenvalue weighted by Gasteiger charge is 2.20. The Hall–Kier alpha value is -0.730. The van der Waals surface area contributed by atoms with Crippen molar-refractivity contribution in [1.29, 1.82) is 0 Å². The summed E-state index contributed by atoms with van der Waals surface area (Å²) in [7, 11) is 1.33. The fraction of sp³-hybridized carbons (Fsp3) is 0.300. The molecule has 0 aromatic carbocycles. The Balaban J connectivity index is 2.58. The van der Waals surface area contributed by atoms with Crippen LogP contribution in [0, 0.1) is 0 Å². The van der Waals surface area contributed by atoms with Crippen LogP contribution >= 0.6 is 23.2 Å². The molecule has 0 unspecified atom stereocenters. The van der Waals surface area contributed by atoms with Gasteiger partial charge in [-0.15, -0.1) is 0 Å². The summed E-state index contributed by atoms with van der Waals surface area (Å²) in [6.07, 6.45) is 8.86. The first-order valence-electron chi connectivity index (χ1n) is 4.07. The van der Waals surface area contributed by atoms with E-state index in [1.807, 2.05) is 6.08 Å². The van der Waals surface area contributed by atoms with Crippen molar-refractivity contribution in [2.24, 2.45) is 0 Å². The summed E-state index contributed by atoms with van der Waals surface area (Å²) in [6.45, 7) is 0. The molecular formula is C10H10Cl2O2. The van der Waals surface area contributed by atoms with Gasteiger partial charge in [0, 0.05) is 12.5 Å². The van der Waals surface area contributed by atoms with E-state index >= 15 is 0 Å². The monoisotopic (exact) mass is 232 g/mol. The van der Waals surface area contributed by atoms with Crippen molar-refractivity contribution in [3.05, 3.63) is 36.0 Å². The maximum atomic E-state index is 10.8. The van der Waals surface area contributed by atoms with Gasteiger partial charge in [-0.1, -0.05) is 35.4 Å². The summed E-state index contributed by atoms with van der Waals surface area (Å²) in [5, 5.41) is 0. The van der Waals surface area contributed by atoms with Gasteiger partial charge in [0.05, 0.1) is 7.11 Å². The molecule has 76 valence electrons. The van der Waals surface area contributed by atoms with Crippen LogP contribution in [0.4, 0.5) is 0 Å². The van der Waals surface area contributed by atoms with E-state index in [2.05, 4.69) is 4.74 Å². The summed E-state index contributed by atoms with van der Waals surface area (Å²) in [5.74, 6) is -0.382. The first-order valence-corrected chi connectivity index (χ1v) is 4.82. The zero-order valence-corrected chi connectivity index (χ0v) is 9.18. The average Bonchev–Trinajstić information content (AvgIpc) is 2.16. The lowest BCUT2D eigenvalue weighted by molar-refractivity contribution is -0.134. The lowest BCUT2D eigenvalue weighted by atomic mass is 10.1. The largest absolute Gasteiger partial charge is 0.466 e. The maximum Gasteiger partial charge on any atom is 0.330 e. The molecule has 0 radical (unpaired) electrons. The minimum absolute atomic E-state index is 0.382. The summed E-state index contributed by atoms with van der Waals surface area (Å²) in [6, 6.07) is 0. The topological polar surface area (TPSA) is 26.3 Å². The highest BCUT2D eigenvalue weighted by Crippen LogP contribution is 2.31. The van der Waals surface area contributed by atoms with Crippen LogP contribution in [0.2, 0.25) is 0 Å². The Morgan fingerprint density at radius 3 is 2.86 bits per heavy atom. The van der Waals surface area contributed by atoms with Crippen LogP contribution in [-0.4, -0.2) is 17.4 Å². The standard InChI is InChI=1S/C10H10Cl2O2/c1-14-9(13)3-2-8-4-6-10(11,12)7-5-8/h2-6H,7H2,1H3. The van der Waals surface area contributed by atoms with E-state index < -0.39 is 4.33 Å². The molecule has 0 N–H and O–H groups in total. The Labute approximate surface area is 92.8 Å². The Morgan fingerprint density at radius 2 is 2.36 bits per heavy atom. The van der Waals surface area contributed by atoms with E-state index in [1.165, 1.54) is 13.2 Å². The molecule has 1 aliphatic rings. The van der Waals surface area contributed by atoms with Crippen LogP contribution in [0.15, 0.2) is 36.0 Å². The first kappa shape index (κ1) is 11.3. The number of esters is 1. The number of rotatable bonds is 2. The van der Waals surface area contributed by atoms with Gasteiger partial charge in [-0.2, -0.15) is 0 Å². The van der Waals surface area contributed by atoms with Gasteiger partial charge in [0.1, 0.15) is 4.33 Å². The fourth-order valence-corrected chi connectivity index (χ4v) is 1.24. The number of alkyl halides is 2. The third-order valence-electron chi connectivity index (χ3n) is 1.74. The average molecular weight is 233 g/mol. The van der Waals surface area contributed by atoms with Gasteiger partial charge >= 0.3 is 5.97 Å². The quantitative estimate of drug-likeness (QED) is 0.416. The summed E-state index contributed by atoms with van der Waals surface area (Å²) >= 11 is 11.7. The smallest absolute Gasteiger partial charge is 0.330 e. The third kappa shape index (κ3) is 3.56. The van der Waals surface area contributed by atoms with Crippen LogP contribution in [0.5, 0.6) is 0 Å². The number of carbonyl (C=O) groups excluding carboxylic acids is 1. The van der Waals surface area contributed by atoms with E-state index in [0.717, 1.165) is 5.57 Å². The van der Waals surface area contributed by atoms with Crippen LogP contribution in [0.25, 0.3) is 0 Å². The molecule has 0 spiro atoms. The number of methoxy groups -OCH3 is 1. The van der Waals surface area contributed by atoms with Gasteiger partial charge in [0.2, 0.25) is 0 Å². The van der Waals surface area contributed by atoms with Crippen LogP contribution in [-0.2, 0) is 9.53 Å². The molecule has 1 rings (SSSR count). The second-order valence-corrected chi connectivity index (χ2v) is 4.40. The fourth-order valence-electron chi connectivity index (χ4n) is 0.964. The molecule has 1 aliphatic carbocycles. The van der Waals surface area contributed by atoms with Gasteiger partial charge in [0.15, 0.2) is 0 Å². The van der Waals surface area contributed by atoms with E-state index in [1.54, 1.807) is 18.2 Å². The van der Waals surface area contributed by atoms with Crippen molar-refractivity contribution in [2.75, 3.05) is 7.11 Å². The van der Waals surface area contributed by atoms with Crippen molar-refractivity contribution in [1.82, 2.24) is 0 Å². The molecule has 0 atom stereocenters. The van der Waals surface area contributed by atoms with Crippen molar-refractivity contribution in [2.45, 2.75) is 10.8 Å². The number of ether oxygens (including phenoxy) is 1. The molecule has 14 heavy (non-hydrogen) atoms. The van der Waals surface area contributed by atoms with Crippen molar-refractivity contribution in [3.63, 3.8) is 0 Å². The van der Waals surface area contributed by atoms with Gasteiger partial charge in [-0.05, 0) is 17.7 Å². The van der Waals surface area contributed by atoms with E-state index in [-0.39, 0.29) is 5.97 Å². The zero-order valence-electron chi connectivity index (χ0n) is 7.67. The Bertz CT molecular complexity index is 314. The summed E-state index contributed by atoms with van der Waals surface area (Å²) < 4.78 is 3.64. The molecule has 0 aromatic rings. The van der Waals surface area contributed by atoms with Gasteiger partial charge < -0.3 is 4.74 Å². The molecule has 0 heterocycles. The third-order valence-corrected chi connectivity index (χ3v) is 2.30. The van der Waals surface area contributed by atoms with Gasteiger partial charge in [0.25, 0.3) is 0 Å². The number of hydrogen-bond acceptors (Lipinski definition) is 2. The molecule has 4 heteroatoms. The molecule has 0 saturated heterocycles. The molecule has 0 aliphatic heterocycles. The lowest BCUT2D eigenvalue weighted by Crippen LogP contribution is -2.09. The molecule has 2 nitrogen and oxygen atoms in total. The minimum Gasteiger partial charge on any atom is -0.466 e. The number of allylic oxidation sites excluding steroid dienone is 5. The molecule has 0 saturated carbocycles. The molecule has 0 fully saturated rings. The van der Waals surface area contributed by atoms with E-state index in [4.69, 9.17) is 23.2 Å². The highest BCUT2D eigenvalue weighted by molar-refractivity contribution is 6.50. The second-order valence-electron chi connectivity index (χ2n) is 2.86. The molecule has 0 aromatic heterocycles. The van der Waals surface area contributed by atoms with Crippen LogP contribution in [0.3, 0.4) is 0 Å². The van der Waals surface area contributed by atoms with Crippen molar-refractivity contribution in [3.8, 4) is 0 Å². The van der Waals surface area contributed by atoms with Crippen molar-refractivity contribution < 1.29 is 9.53 Å². The molecular weight excluding hydrogens is 223 g/mol. The Morgan fingerprint density at radius 1 is 1.64 bits per heavy atom. The van der Waals surface area contributed by atoms with E-state index in [0.29, 0.717) is 6.42 Å². The second kappa shape index (κ2) is 4.67. The first-order chi connectivity index (χ1) is 6.53. The van der Waals surface area contributed by atoms with Gasteiger partial charge in [-0.25, -0.2) is 4.79 Å². The van der Waals surface area contributed by atoms with Crippen LogP contribution < -0.4 is 0 Å². The molecule has 0 bridgehead atoms. The SMILES string of the molecule is COC(=O)C=CC1=CCC(Cl)(Cl)C=C1. The van der Waals surface area contributed by atoms with Crippen molar-refractivity contribution >= 4 is 29.2 Å². The molecule has 0 amide bonds. The minimum atomic E-state index is -0.817. The highest BCUT2D eigenvalue weighted by atomic mass is 35.5. The van der Waals surface area contributed by atoms with E-state index in [9.17, 15) is 4.79 Å². The number of carbonyl (C=O) groups is 1. The van der Waals surface area contributed by atoms with Crippen LogP contribution in [0.1, 0.15) is 6.42 Å². The normalized spacial score (nSPS) is 19.5. The zero-order chi connectivity index (χ0) is 10.6. The Kier molecular flexibility index (Phi) is 3.78. The summed E-state index contributed by atoms with van der Waals surface area (Å²) in [5.41, 5.74) is 0.896. The predicted octanol–water partition coefficient (Wildman–Crippen LogP) is 2.78. The number of hydrogen-bond donors (Lipinski definition) is 0.